The van der Waals surface area contributed by atoms with Gasteiger partial charge in [-0.05, 0) is 49.8 Å². The van der Waals surface area contributed by atoms with E-state index in [4.69, 9.17) is 14.4 Å². The summed E-state index contributed by atoms with van der Waals surface area (Å²) in [5, 5.41) is 22.7. The van der Waals surface area contributed by atoms with Crippen LogP contribution in [0.5, 0.6) is 0 Å². The number of nitriles is 1. The molecular weight excluding hydrogens is 396 g/mol. The normalized spacial score (nSPS) is 24.1. The zero-order valence-electron chi connectivity index (χ0n) is 17.6. The Balaban J connectivity index is 1.47. The van der Waals surface area contributed by atoms with E-state index in [9.17, 15) is 10.1 Å². The average molecular weight is 422 g/mol. The van der Waals surface area contributed by atoms with Gasteiger partial charge in [0.2, 0.25) is 0 Å². The maximum absolute atomic E-state index is 11.0. The van der Waals surface area contributed by atoms with Gasteiger partial charge in [0.05, 0.1) is 24.3 Å². The van der Waals surface area contributed by atoms with Crippen molar-refractivity contribution >= 4 is 11.5 Å². The molecule has 3 aliphatic rings. The van der Waals surface area contributed by atoms with E-state index in [1.165, 1.54) is 11.1 Å². The summed E-state index contributed by atoms with van der Waals surface area (Å²) in [5.41, 5.74) is 3.87. The van der Waals surface area contributed by atoms with E-state index in [2.05, 4.69) is 28.4 Å². The van der Waals surface area contributed by atoms with Crippen molar-refractivity contribution in [2.75, 3.05) is 26.2 Å². The van der Waals surface area contributed by atoms with E-state index in [1.54, 1.807) is 6.08 Å². The third kappa shape index (κ3) is 4.84. The monoisotopic (exact) mass is 422 g/mol. The van der Waals surface area contributed by atoms with Gasteiger partial charge < -0.3 is 14.4 Å². The van der Waals surface area contributed by atoms with Crippen molar-refractivity contribution in [3.05, 3.63) is 52.7 Å². The Labute approximate surface area is 181 Å². The minimum absolute atomic E-state index is 0.0297. The maximum Gasteiger partial charge on any atom is 0.317 e. The number of ether oxygens (including phenoxy) is 1. The summed E-state index contributed by atoms with van der Waals surface area (Å²) in [4.78, 5) is 17.6. The van der Waals surface area contributed by atoms with Crippen LogP contribution in [-0.2, 0) is 9.53 Å². The molecule has 2 aliphatic carbocycles. The van der Waals surface area contributed by atoms with Crippen LogP contribution >= 0.6 is 0 Å². The van der Waals surface area contributed by atoms with Crippen molar-refractivity contribution in [3.8, 4) is 6.07 Å². The molecule has 0 spiro atoms. The second kappa shape index (κ2) is 9.41. The van der Waals surface area contributed by atoms with E-state index in [-0.39, 0.29) is 18.6 Å². The number of likely N-dealkylation sites (tertiary alicyclic amines) is 1. The quantitative estimate of drug-likeness (QED) is 0.743. The molecule has 0 saturated carbocycles. The van der Waals surface area contributed by atoms with E-state index in [0.717, 1.165) is 37.9 Å². The van der Waals surface area contributed by atoms with Crippen LogP contribution in [0.1, 0.15) is 50.2 Å². The molecule has 162 valence electrons. The smallest absolute Gasteiger partial charge is 0.317 e. The fraction of sp³-hybridized carbons (Fsp3) is 0.478. The second-order valence-corrected chi connectivity index (χ2v) is 7.94. The van der Waals surface area contributed by atoms with Gasteiger partial charge in [0.1, 0.15) is 0 Å². The van der Waals surface area contributed by atoms with Crippen LogP contribution in [0.2, 0.25) is 0 Å². The van der Waals surface area contributed by atoms with Crippen LogP contribution in [-0.4, -0.2) is 58.5 Å². The summed E-state index contributed by atoms with van der Waals surface area (Å²) in [5.74, 6) is 0.286. The van der Waals surface area contributed by atoms with Gasteiger partial charge in [-0.3, -0.25) is 9.69 Å². The third-order valence-electron chi connectivity index (χ3n) is 5.91. The molecule has 2 heterocycles. The van der Waals surface area contributed by atoms with Crippen LogP contribution in [0.4, 0.5) is 0 Å². The van der Waals surface area contributed by atoms with Crippen LogP contribution in [0.3, 0.4) is 0 Å². The first-order chi connectivity index (χ1) is 15.1. The van der Waals surface area contributed by atoms with Crippen LogP contribution < -0.4 is 0 Å². The fourth-order valence-electron chi connectivity index (χ4n) is 4.32. The summed E-state index contributed by atoms with van der Waals surface area (Å²) in [6.07, 6.45) is 11.0. The Bertz CT molecular complexity index is 1010. The van der Waals surface area contributed by atoms with Crippen LogP contribution in [0.25, 0.3) is 5.57 Å². The fourth-order valence-corrected chi connectivity index (χ4v) is 4.32. The zero-order valence-corrected chi connectivity index (χ0v) is 17.6. The number of carboxylic acids is 1. The first-order valence-corrected chi connectivity index (χ1v) is 10.7. The summed E-state index contributed by atoms with van der Waals surface area (Å²) in [7, 11) is 0. The molecule has 0 aromatic carbocycles. The highest BCUT2D eigenvalue weighted by atomic mass is 16.5. The first-order valence-electron chi connectivity index (χ1n) is 10.7. The lowest BCUT2D eigenvalue weighted by molar-refractivity contribution is -0.138. The molecule has 0 amide bonds. The highest BCUT2D eigenvalue weighted by molar-refractivity contribution is 5.72. The molecule has 1 aromatic heterocycles. The minimum atomic E-state index is -0.789. The summed E-state index contributed by atoms with van der Waals surface area (Å²) >= 11 is 0. The first kappa shape index (κ1) is 21.2. The molecule has 2 unspecified atom stereocenters. The summed E-state index contributed by atoms with van der Waals surface area (Å²) in [6, 6.07) is 2.21. The number of fused-ring (bicyclic) bond motifs is 1. The summed E-state index contributed by atoms with van der Waals surface area (Å²) in [6.45, 7) is 4.04. The van der Waals surface area contributed by atoms with Gasteiger partial charge in [-0.2, -0.15) is 10.2 Å². The lowest BCUT2D eigenvalue weighted by Crippen LogP contribution is -2.30. The third-order valence-corrected chi connectivity index (χ3v) is 5.91. The van der Waals surface area contributed by atoms with Gasteiger partial charge in [-0.1, -0.05) is 23.4 Å². The summed E-state index contributed by atoms with van der Waals surface area (Å²) < 4.78 is 11.1. The molecule has 31 heavy (non-hydrogen) atoms. The lowest BCUT2D eigenvalue weighted by Gasteiger charge is -2.18. The van der Waals surface area contributed by atoms with Crippen molar-refractivity contribution in [1.29, 1.82) is 5.26 Å². The Morgan fingerprint density at radius 1 is 1.32 bits per heavy atom. The highest BCUT2D eigenvalue weighted by Crippen LogP contribution is 2.35. The number of allylic oxidation sites excluding steroid dienone is 4. The maximum atomic E-state index is 11.0. The molecule has 1 saturated heterocycles. The van der Waals surface area contributed by atoms with Gasteiger partial charge in [-0.25, -0.2) is 0 Å². The molecule has 4 rings (SSSR count). The highest BCUT2D eigenvalue weighted by Gasteiger charge is 2.26. The SMILES string of the molecule is CCOC1CC=C(c2nc(C3C=C4CCN(CC(=O)O)CCC4=CC3)no2)C=C1C#N. The van der Waals surface area contributed by atoms with Gasteiger partial charge >= 0.3 is 5.97 Å². The minimum Gasteiger partial charge on any atom is -0.480 e. The van der Waals surface area contributed by atoms with Gasteiger partial charge in [-0.15, -0.1) is 0 Å². The van der Waals surface area contributed by atoms with Crippen molar-refractivity contribution in [2.24, 2.45) is 0 Å². The number of aromatic nitrogens is 2. The molecule has 0 bridgehead atoms. The number of carboxylic acid groups (broad SMARTS) is 1. The van der Waals surface area contributed by atoms with Crippen molar-refractivity contribution in [2.45, 2.75) is 44.6 Å². The average Bonchev–Trinajstić information content (AvgIpc) is 3.18. The molecule has 1 aromatic rings. The largest absolute Gasteiger partial charge is 0.480 e. The van der Waals surface area contributed by atoms with Crippen LogP contribution in [0.15, 0.2) is 45.5 Å². The van der Waals surface area contributed by atoms with Gasteiger partial charge in [0, 0.05) is 31.2 Å². The lowest BCUT2D eigenvalue weighted by atomic mass is 9.87. The predicted octanol–water partition coefficient (Wildman–Crippen LogP) is 3.23. The Kier molecular flexibility index (Phi) is 6.44. The van der Waals surface area contributed by atoms with E-state index in [1.807, 2.05) is 17.9 Å². The zero-order chi connectivity index (χ0) is 21.8. The predicted molar refractivity (Wildman–Crippen MR) is 113 cm³/mol. The number of hydrogen-bond acceptors (Lipinski definition) is 7. The molecule has 1 N–H and O–H groups in total. The topological polar surface area (TPSA) is 112 Å². The molecule has 1 fully saturated rings. The number of rotatable bonds is 6. The number of nitrogens with zero attached hydrogens (tertiary/aromatic N) is 4. The van der Waals surface area contributed by atoms with E-state index >= 15 is 0 Å². The molecule has 2 atom stereocenters. The number of hydrogen-bond donors (Lipinski definition) is 1. The standard InChI is InChI=1S/C23H26N4O4/c1-2-30-20-6-5-18(12-19(20)13-24)23-25-22(26-31-23)17-4-3-15-7-9-27(14-21(28)29)10-8-16(15)11-17/h3,5,11-12,17,20H,2,4,6-10,14H2,1H3,(H,28,29). The Morgan fingerprint density at radius 2 is 2.13 bits per heavy atom. The molecule has 8 nitrogen and oxygen atoms in total. The molecular formula is C23H26N4O4. The second-order valence-electron chi connectivity index (χ2n) is 7.94. The van der Waals surface area contributed by atoms with E-state index in [0.29, 0.717) is 30.3 Å². The van der Waals surface area contributed by atoms with Crippen LogP contribution in [0, 0.1) is 11.3 Å². The van der Waals surface area contributed by atoms with Gasteiger partial charge in [0.15, 0.2) is 5.82 Å². The Morgan fingerprint density at radius 3 is 2.87 bits per heavy atom. The van der Waals surface area contributed by atoms with Crippen molar-refractivity contribution in [1.82, 2.24) is 15.0 Å². The Hall–Kier alpha value is -3.02. The molecule has 8 heteroatoms. The molecule has 0 radical (unpaired) electrons. The van der Waals surface area contributed by atoms with Crippen molar-refractivity contribution in [3.63, 3.8) is 0 Å². The number of aliphatic carboxylic acids is 1. The van der Waals surface area contributed by atoms with E-state index < -0.39 is 5.97 Å². The van der Waals surface area contributed by atoms with Crippen molar-refractivity contribution < 1.29 is 19.2 Å². The number of carbonyl (C=O) groups is 1. The van der Waals surface area contributed by atoms with Gasteiger partial charge in [0.25, 0.3) is 5.89 Å². The molecule has 1 aliphatic heterocycles.